The Balaban J connectivity index is 1.03. The Labute approximate surface area is 261 Å². The van der Waals surface area contributed by atoms with Crippen LogP contribution in [0.4, 0.5) is 4.39 Å². The SMILES string of the molecule is Cn1c(CN2CCC(c3cccc(OCc4ccc(Cl)cc4F)n3)CC2)nc2cc(C(=O)NCC(=O)N3CCCC3)ccc21. The third kappa shape index (κ3) is 6.87. The van der Waals surface area contributed by atoms with E-state index in [9.17, 15) is 14.0 Å². The minimum atomic E-state index is -0.395. The summed E-state index contributed by atoms with van der Waals surface area (Å²) in [5, 5.41) is 3.11. The smallest absolute Gasteiger partial charge is 0.251 e. The van der Waals surface area contributed by atoms with Crippen LogP contribution in [0.5, 0.6) is 5.88 Å². The van der Waals surface area contributed by atoms with E-state index in [0.717, 1.165) is 74.4 Å². The molecule has 11 heteroatoms. The van der Waals surface area contributed by atoms with Crippen molar-refractivity contribution < 1.29 is 18.7 Å². The standard InChI is InChI=1S/C33H36ClFN6O3/c1-39-29-10-8-23(33(43)36-19-32(42)41-13-2-3-14-41)17-28(29)37-30(39)20-40-15-11-22(12-16-40)27-5-4-6-31(38-27)44-21-24-7-9-25(34)18-26(24)35/h4-10,17-18,22H,2-3,11-16,19-21H2,1H3,(H,36,43). The maximum atomic E-state index is 14.1. The Morgan fingerprint density at radius 1 is 1.02 bits per heavy atom. The Morgan fingerprint density at radius 2 is 1.82 bits per heavy atom. The summed E-state index contributed by atoms with van der Waals surface area (Å²) in [6.07, 6.45) is 3.94. The van der Waals surface area contributed by atoms with Crippen molar-refractivity contribution in [2.45, 2.75) is 44.8 Å². The van der Waals surface area contributed by atoms with E-state index in [1.165, 1.54) is 6.07 Å². The molecule has 2 aliphatic rings. The van der Waals surface area contributed by atoms with E-state index >= 15 is 0 Å². The first kappa shape index (κ1) is 30.0. The predicted molar refractivity (Wildman–Crippen MR) is 166 cm³/mol. The number of benzene rings is 2. The van der Waals surface area contributed by atoms with Gasteiger partial charge in [-0.1, -0.05) is 23.7 Å². The molecule has 2 aromatic carbocycles. The highest BCUT2D eigenvalue weighted by Gasteiger charge is 2.24. The van der Waals surface area contributed by atoms with E-state index in [1.807, 2.05) is 25.2 Å². The van der Waals surface area contributed by atoms with Crippen molar-refractivity contribution in [2.75, 3.05) is 32.7 Å². The van der Waals surface area contributed by atoms with Crippen LogP contribution in [0.25, 0.3) is 11.0 Å². The largest absolute Gasteiger partial charge is 0.473 e. The zero-order valence-corrected chi connectivity index (χ0v) is 25.5. The molecule has 0 atom stereocenters. The van der Waals surface area contributed by atoms with Gasteiger partial charge < -0.3 is 19.5 Å². The molecule has 4 heterocycles. The van der Waals surface area contributed by atoms with Crippen LogP contribution in [0.1, 0.15) is 59.0 Å². The molecule has 4 aromatic rings. The lowest BCUT2D eigenvalue weighted by Crippen LogP contribution is -2.38. The number of carbonyl (C=O) groups is 2. The quantitative estimate of drug-likeness (QED) is 0.282. The number of halogens is 2. The number of aryl methyl sites for hydroxylation is 1. The lowest BCUT2D eigenvalue weighted by Gasteiger charge is -2.31. The molecule has 230 valence electrons. The van der Waals surface area contributed by atoms with Crippen molar-refractivity contribution in [3.8, 4) is 5.88 Å². The summed E-state index contributed by atoms with van der Waals surface area (Å²) in [4.78, 5) is 38.8. The second kappa shape index (κ2) is 13.3. The molecule has 0 unspecified atom stereocenters. The van der Waals surface area contributed by atoms with Gasteiger partial charge in [-0.15, -0.1) is 0 Å². The first-order valence-electron chi connectivity index (χ1n) is 15.1. The molecule has 2 fully saturated rings. The van der Waals surface area contributed by atoms with E-state index in [-0.39, 0.29) is 25.0 Å². The third-order valence-corrected chi connectivity index (χ3v) is 8.84. The summed E-state index contributed by atoms with van der Waals surface area (Å²) in [7, 11) is 2.00. The number of piperidine rings is 1. The minimum absolute atomic E-state index is 0.0104. The van der Waals surface area contributed by atoms with Crippen LogP contribution in [0.2, 0.25) is 5.02 Å². The monoisotopic (exact) mass is 618 g/mol. The number of nitrogens with zero attached hydrogens (tertiary/aromatic N) is 5. The zero-order valence-electron chi connectivity index (χ0n) is 24.8. The lowest BCUT2D eigenvalue weighted by atomic mass is 9.93. The Morgan fingerprint density at radius 3 is 2.59 bits per heavy atom. The van der Waals surface area contributed by atoms with E-state index in [4.69, 9.17) is 26.3 Å². The van der Waals surface area contributed by atoms with Gasteiger partial charge in [0, 0.05) is 54.0 Å². The number of nitrogens with one attached hydrogen (secondary N) is 1. The highest BCUT2D eigenvalue weighted by molar-refractivity contribution is 6.30. The van der Waals surface area contributed by atoms with Gasteiger partial charge in [0.25, 0.3) is 5.91 Å². The van der Waals surface area contributed by atoms with Gasteiger partial charge in [-0.2, -0.15) is 0 Å². The Bertz CT molecular complexity index is 1660. The first-order chi connectivity index (χ1) is 21.3. The fraction of sp³-hybridized carbons (Fsp3) is 0.394. The van der Waals surface area contributed by atoms with Gasteiger partial charge in [0.05, 0.1) is 24.1 Å². The average molecular weight is 619 g/mol. The lowest BCUT2D eigenvalue weighted by molar-refractivity contribution is -0.129. The molecular formula is C33H36ClFN6O3. The molecular weight excluding hydrogens is 583 g/mol. The van der Waals surface area contributed by atoms with E-state index in [2.05, 4.69) is 14.8 Å². The van der Waals surface area contributed by atoms with Gasteiger partial charge in [0.2, 0.25) is 11.8 Å². The molecule has 0 aliphatic carbocycles. The number of hydrogen-bond acceptors (Lipinski definition) is 6. The number of imidazole rings is 1. The number of fused-ring (bicyclic) bond motifs is 1. The molecule has 2 saturated heterocycles. The minimum Gasteiger partial charge on any atom is -0.473 e. The Hall–Kier alpha value is -4.02. The van der Waals surface area contributed by atoms with Crippen LogP contribution in [0, 0.1) is 5.82 Å². The summed E-state index contributed by atoms with van der Waals surface area (Å²) < 4.78 is 22.0. The number of carbonyl (C=O) groups excluding carboxylic acids is 2. The molecule has 0 saturated carbocycles. The van der Waals surface area contributed by atoms with Crippen LogP contribution in [-0.4, -0.2) is 68.9 Å². The molecule has 2 aliphatic heterocycles. The third-order valence-electron chi connectivity index (χ3n) is 8.60. The number of amides is 2. The summed E-state index contributed by atoms with van der Waals surface area (Å²) >= 11 is 5.85. The molecule has 6 rings (SSSR count). The number of likely N-dealkylation sites (tertiary alicyclic amines) is 2. The number of rotatable bonds is 9. The van der Waals surface area contributed by atoms with Crippen LogP contribution in [-0.2, 0) is 25.0 Å². The summed E-state index contributed by atoms with van der Waals surface area (Å²) in [6, 6.07) is 15.8. The summed E-state index contributed by atoms with van der Waals surface area (Å²) in [5.74, 6) is 1.01. The van der Waals surface area contributed by atoms with Crippen LogP contribution in [0.15, 0.2) is 54.6 Å². The molecule has 2 aromatic heterocycles. The van der Waals surface area contributed by atoms with Gasteiger partial charge in [-0.25, -0.2) is 14.4 Å². The zero-order chi connectivity index (χ0) is 30.6. The predicted octanol–water partition coefficient (Wildman–Crippen LogP) is 5.07. The summed E-state index contributed by atoms with van der Waals surface area (Å²) in [6.45, 7) is 4.13. The maximum absolute atomic E-state index is 14.1. The van der Waals surface area contributed by atoms with E-state index < -0.39 is 5.82 Å². The fourth-order valence-electron chi connectivity index (χ4n) is 5.98. The normalized spacial score (nSPS) is 16.0. The van der Waals surface area contributed by atoms with Crippen LogP contribution >= 0.6 is 11.6 Å². The average Bonchev–Trinajstić information content (AvgIpc) is 3.68. The van der Waals surface area contributed by atoms with Crippen molar-refractivity contribution in [1.82, 2.24) is 29.7 Å². The maximum Gasteiger partial charge on any atom is 0.251 e. The Kier molecular flexibility index (Phi) is 9.09. The number of ether oxygens (including phenoxy) is 1. The highest BCUT2D eigenvalue weighted by Crippen LogP contribution is 2.29. The van der Waals surface area contributed by atoms with Crippen molar-refractivity contribution in [3.63, 3.8) is 0 Å². The molecule has 2 amide bonds. The van der Waals surface area contributed by atoms with E-state index in [0.29, 0.717) is 34.5 Å². The van der Waals surface area contributed by atoms with Crippen LogP contribution < -0.4 is 10.1 Å². The number of aromatic nitrogens is 3. The van der Waals surface area contributed by atoms with Gasteiger partial charge in [-0.3, -0.25) is 14.5 Å². The first-order valence-corrected chi connectivity index (χ1v) is 15.5. The molecule has 0 bridgehead atoms. The van der Waals surface area contributed by atoms with E-state index in [1.54, 1.807) is 35.2 Å². The topological polar surface area (TPSA) is 92.6 Å². The fourth-order valence-corrected chi connectivity index (χ4v) is 6.14. The van der Waals surface area contributed by atoms with Crippen molar-refractivity contribution in [1.29, 1.82) is 0 Å². The molecule has 0 radical (unpaired) electrons. The highest BCUT2D eigenvalue weighted by atomic mass is 35.5. The van der Waals surface area contributed by atoms with Gasteiger partial charge in [0.1, 0.15) is 18.2 Å². The number of hydrogen-bond donors (Lipinski definition) is 1. The van der Waals surface area contributed by atoms with Gasteiger partial charge in [0.15, 0.2) is 0 Å². The van der Waals surface area contributed by atoms with Gasteiger partial charge in [-0.05, 0) is 75.2 Å². The van der Waals surface area contributed by atoms with Crippen molar-refractivity contribution >= 4 is 34.4 Å². The van der Waals surface area contributed by atoms with Crippen molar-refractivity contribution in [3.05, 3.63) is 88.1 Å². The molecule has 0 spiro atoms. The number of pyridine rings is 1. The second-order valence-corrected chi connectivity index (χ2v) is 12.0. The molecule has 44 heavy (non-hydrogen) atoms. The molecule has 1 N–H and O–H groups in total. The van der Waals surface area contributed by atoms with Gasteiger partial charge >= 0.3 is 0 Å². The van der Waals surface area contributed by atoms with Crippen LogP contribution in [0.3, 0.4) is 0 Å². The second-order valence-electron chi connectivity index (χ2n) is 11.5. The summed E-state index contributed by atoms with van der Waals surface area (Å²) in [5.41, 5.74) is 3.62. The van der Waals surface area contributed by atoms with Crippen molar-refractivity contribution in [2.24, 2.45) is 7.05 Å². The molecule has 9 nitrogen and oxygen atoms in total.